The maximum absolute atomic E-state index is 13.4. The van der Waals surface area contributed by atoms with Crippen molar-refractivity contribution in [2.45, 2.75) is 32.0 Å². The zero-order valence-corrected chi connectivity index (χ0v) is 20.8. The number of urea groups is 1. The van der Waals surface area contributed by atoms with Crippen molar-refractivity contribution >= 4 is 11.7 Å². The minimum atomic E-state index is -4.37. The average Bonchev–Trinajstić information content (AvgIpc) is 3.57. The summed E-state index contributed by atoms with van der Waals surface area (Å²) in [5.41, 5.74) is 1.88. The number of amides is 2. The summed E-state index contributed by atoms with van der Waals surface area (Å²) in [5.74, 6) is 1.91. The number of anilines is 1. The van der Waals surface area contributed by atoms with Crippen molar-refractivity contribution in [2.24, 2.45) is 0 Å². The number of aromatic nitrogens is 1. The number of ether oxygens (including phenoxy) is 1. The Kier molecular flexibility index (Phi) is 6.74. The summed E-state index contributed by atoms with van der Waals surface area (Å²) in [6.45, 7) is 4.83. The third-order valence-corrected chi connectivity index (χ3v) is 7.11. The number of aryl methyl sites for hydroxylation is 1. The Bertz CT molecular complexity index is 1250. The van der Waals surface area contributed by atoms with E-state index >= 15 is 0 Å². The molecule has 0 N–H and O–H groups in total. The van der Waals surface area contributed by atoms with Crippen LogP contribution in [0.25, 0.3) is 11.3 Å². The number of piperazine rings is 1. The smallest absolute Gasteiger partial charge is 0.416 e. The van der Waals surface area contributed by atoms with E-state index in [0.717, 1.165) is 41.8 Å². The Labute approximate surface area is 213 Å². The molecule has 2 aliphatic rings. The molecule has 3 aromatic rings. The van der Waals surface area contributed by atoms with E-state index in [1.165, 1.54) is 12.1 Å². The molecule has 0 saturated carbocycles. The van der Waals surface area contributed by atoms with Crippen LogP contribution in [0.5, 0.6) is 5.75 Å². The molecule has 2 amide bonds. The molecule has 0 radical (unpaired) electrons. The van der Waals surface area contributed by atoms with Crippen LogP contribution in [0.15, 0.2) is 53.1 Å². The maximum Gasteiger partial charge on any atom is 0.416 e. The average molecular weight is 515 g/mol. The summed E-state index contributed by atoms with van der Waals surface area (Å²) in [5, 5.41) is 0. The number of hydrogen-bond acceptors (Lipinski definition) is 5. The molecule has 2 aromatic carbocycles. The van der Waals surface area contributed by atoms with E-state index in [-0.39, 0.29) is 12.1 Å². The lowest BCUT2D eigenvalue weighted by molar-refractivity contribution is -0.137. The Morgan fingerprint density at radius 3 is 2.41 bits per heavy atom. The topological polar surface area (TPSA) is 62.1 Å². The molecular weight excluding hydrogens is 485 g/mol. The zero-order valence-electron chi connectivity index (χ0n) is 20.8. The van der Waals surface area contributed by atoms with Gasteiger partial charge in [-0.25, -0.2) is 9.78 Å². The number of nitrogens with zero attached hydrogens (tertiary/aromatic N) is 4. The fourth-order valence-electron chi connectivity index (χ4n) is 5.14. The quantitative estimate of drug-likeness (QED) is 0.443. The van der Waals surface area contributed by atoms with Crippen LogP contribution in [-0.2, 0) is 6.18 Å². The van der Waals surface area contributed by atoms with Crippen molar-refractivity contribution in [3.8, 4) is 17.1 Å². The number of carbonyl (C=O) groups excluding carboxylic acids is 1. The molecule has 37 heavy (non-hydrogen) atoms. The van der Waals surface area contributed by atoms with Crippen LogP contribution in [0.3, 0.4) is 0 Å². The van der Waals surface area contributed by atoms with Gasteiger partial charge in [-0.05, 0) is 42.7 Å². The molecule has 5 rings (SSSR count). The van der Waals surface area contributed by atoms with Crippen molar-refractivity contribution in [3.63, 3.8) is 0 Å². The first-order valence-corrected chi connectivity index (χ1v) is 12.3. The van der Waals surface area contributed by atoms with Gasteiger partial charge in [-0.1, -0.05) is 12.1 Å². The molecule has 2 aliphatic heterocycles. The molecule has 2 saturated heterocycles. The van der Waals surface area contributed by atoms with Crippen LogP contribution in [0.1, 0.15) is 35.9 Å². The number of halogens is 3. The van der Waals surface area contributed by atoms with Crippen molar-refractivity contribution < 1.29 is 27.1 Å². The standard InChI is InChI=1S/C27H29F3N4O3/c1-18-31-17-25(37-18)22-10-9-21(16-24(22)36-2)32-12-14-33(15-13-32)26(35)34-11-3-4-23(34)19-5-7-20(8-6-19)27(28,29)30/h5-10,16-17,23H,3-4,11-15H2,1-2H3. The lowest BCUT2D eigenvalue weighted by Gasteiger charge is -2.39. The third kappa shape index (κ3) is 5.10. The first kappa shape index (κ1) is 25.0. The number of rotatable bonds is 4. The third-order valence-electron chi connectivity index (χ3n) is 7.11. The zero-order chi connectivity index (χ0) is 26.2. The number of methoxy groups -OCH3 is 1. The second-order valence-electron chi connectivity index (χ2n) is 9.36. The molecule has 0 bridgehead atoms. The van der Waals surface area contributed by atoms with Crippen LogP contribution >= 0.6 is 0 Å². The predicted octanol–water partition coefficient (Wildman–Crippen LogP) is 5.76. The predicted molar refractivity (Wildman–Crippen MR) is 133 cm³/mol. The van der Waals surface area contributed by atoms with Gasteiger partial charge in [0.1, 0.15) is 5.75 Å². The van der Waals surface area contributed by atoms with E-state index in [9.17, 15) is 18.0 Å². The molecule has 1 aromatic heterocycles. The lowest BCUT2D eigenvalue weighted by atomic mass is 10.0. The fourth-order valence-corrected chi connectivity index (χ4v) is 5.14. The highest BCUT2D eigenvalue weighted by molar-refractivity contribution is 5.76. The number of carbonyl (C=O) groups is 1. The summed E-state index contributed by atoms with van der Waals surface area (Å²) in [4.78, 5) is 23.4. The Hall–Kier alpha value is -3.69. The van der Waals surface area contributed by atoms with E-state index in [2.05, 4.69) is 9.88 Å². The van der Waals surface area contributed by atoms with Gasteiger partial charge < -0.3 is 23.9 Å². The van der Waals surface area contributed by atoms with Crippen molar-refractivity contribution in [3.05, 3.63) is 65.7 Å². The summed E-state index contributed by atoms with van der Waals surface area (Å²) < 4.78 is 50.1. The molecule has 7 nitrogen and oxygen atoms in total. The maximum atomic E-state index is 13.4. The second-order valence-corrected chi connectivity index (χ2v) is 9.36. The molecule has 0 aliphatic carbocycles. The van der Waals surface area contributed by atoms with Gasteiger partial charge in [0.2, 0.25) is 0 Å². The van der Waals surface area contributed by atoms with Crippen LogP contribution in [0, 0.1) is 6.92 Å². The minimum absolute atomic E-state index is 0.0596. The van der Waals surface area contributed by atoms with Gasteiger partial charge in [0.05, 0.1) is 30.5 Å². The molecule has 2 fully saturated rings. The normalized spacial score (nSPS) is 18.4. The van der Waals surface area contributed by atoms with E-state index < -0.39 is 11.7 Å². The van der Waals surface area contributed by atoms with Gasteiger partial charge in [0.15, 0.2) is 11.7 Å². The molecular formula is C27H29F3N4O3. The highest BCUT2D eigenvalue weighted by atomic mass is 19.4. The second kappa shape index (κ2) is 9.99. The van der Waals surface area contributed by atoms with Gasteiger partial charge in [-0.2, -0.15) is 13.2 Å². The summed E-state index contributed by atoms with van der Waals surface area (Å²) in [7, 11) is 1.62. The number of oxazole rings is 1. The number of likely N-dealkylation sites (tertiary alicyclic amines) is 1. The highest BCUT2D eigenvalue weighted by Crippen LogP contribution is 2.37. The minimum Gasteiger partial charge on any atom is -0.496 e. The monoisotopic (exact) mass is 514 g/mol. The summed E-state index contributed by atoms with van der Waals surface area (Å²) in [6, 6.07) is 10.8. The first-order chi connectivity index (χ1) is 17.7. The van der Waals surface area contributed by atoms with Crippen LogP contribution in [-0.4, -0.2) is 60.6 Å². The van der Waals surface area contributed by atoms with E-state index in [4.69, 9.17) is 9.15 Å². The van der Waals surface area contributed by atoms with Crippen LogP contribution < -0.4 is 9.64 Å². The SMILES string of the molecule is COc1cc(N2CCN(C(=O)N3CCCC3c3ccc(C(F)(F)F)cc3)CC2)ccc1-c1cnc(C)o1. The number of alkyl halides is 3. The van der Waals surface area contributed by atoms with E-state index in [1.54, 1.807) is 25.1 Å². The van der Waals surface area contributed by atoms with E-state index in [0.29, 0.717) is 50.1 Å². The number of benzene rings is 2. The Morgan fingerprint density at radius 1 is 1.05 bits per heavy atom. The summed E-state index contributed by atoms with van der Waals surface area (Å²) in [6.07, 6.45) is -1.13. The molecule has 0 spiro atoms. The molecule has 1 atom stereocenters. The molecule has 1 unspecified atom stereocenters. The van der Waals surface area contributed by atoms with E-state index in [1.807, 2.05) is 23.1 Å². The molecule has 10 heteroatoms. The first-order valence-electron chi connectivity index (χ1n) is 12.3. The van der Waals surface area contributed by atoms with Gasteiger partial charge >= 0.3 is 12.2 Å². The number of hydrogen-bond donors (Lipinski definition) is 0. The van der Waals surface area contributed by atoms with Crippen LogP contribution in [0.4, 0.5) is 23.7 Å². The summed E-state index contributed by atoms with van der Waals surface area (Å²) >= 11 is 0. The van der Waals surface area contributed by atoms with Crippen molar-refractivity contribution in [2.75, 3.05) is 44.7 Å². The van der Waals surface area contributed by atoms with Gasteiger partial charge in [0.25, 0.3) is 0 Å². The molecule has 3 heterocycles. The van der Waals surface area contributed by atoms with Gasteiger partial charge in [0, 0.05) is 51.4 Å². The largest absolute Gasteiger partial charge is 0.496 e. The van der Waals surface area contributed by atoms with Crippen molar-refractivity contribution in [1.29, 1.82) is 0 Å². The highest BCUT2D eigenvalue weighted by Gasteiger charge is 2.35. The molecule has 196 valence electrons. The lowest BCUT2D eigenvalue weighted by Crippen LogP contribution is -2.52. The fraction of sp³-hybridized carbons (Fsp3) is 0.407. The Balaban J connectivity index is 1.23. The van der Waals surface area contributed by atoms with Gasteiger partial charge in [-0.3, -0.25) is 0 Å². The Morgan fingerprint density at radius 2 is 1.78 bits per heavy atom. The van der Waals surface area contributed by atoms with Crippen LogP contribution in [0.2, 0.25) is 0 Å². The van der Waals surface area contributed by atoms with Crippen molar-refractivity contribution in [1.82, 2.24) is 14.8 Å². The van der Waals surface area contributed by atoms with Gasteiger partial charge in [-0.15, -0.1) is 0 Å².